The number of fused-ring (bicyclic) bond motifs is 1. The Labute approximate surface area is 146 Å². The first-order valence-corrected chi connectivity index (χ1v) is 8.21. The van der Waals surface area contributed by atoms with Gasteiger partial charge in [-0.05, 0) is 32.4 Å². The summed E-state index contributed by atoms with van der Waals surface area (Å²) in [6, 6.07) is 5.86. The van der Waals surface area contributed by atoms with Crippen LogP contribution in [-0.4, -0.2) is 57.8 Å². The van der Waals surface area contributed by atoms with Gasteiger partial charge in [-0.3, -0.25) is 14.9 Å². The van der Waals surface area contributed by atoms with Gasteiger partial charge in [-0.25, -0.2) is 10.5 Å². The van der Waals surface area contributed by atoms with Crippen molar-refractivity contribution in [3.8, 4) is 5.88 Å². The van der Waals surface area contributed by atoms with Crippen LogP contribution in [0.5, 0.6) is 5.88 Å². The van der Waals surface area contributed by atoms with Crippen LogP contribution < -0.4 is 15.5 Å². The lowest BCUT2D eigenvalue weighted by atomic mass is 10.0. The van der Waals surface area contributed by atoms with Gasteiger partial charge < -0.3 is 10.1 Å². The van der Waals surface area contributed by atoms with Gasteiger partial charge in [0, 0.05) is 42.5 Å². The Morgan fingerprint density at radius 2 is 2.20 bits per heavy atom. The molecule has 0 bridgehead atoms. The number of hydroxylamine groups is 1. The first kappa shape index (κ1) is 17.4. The lowest BCUT2D eigenvalue weighted by Gasteiger charge is -2.33. The molecular formula is C17H23N5O3. The molecule has 1 unspecified atom stereocenters. The Kier molecular flexibility index (Phi) is 4.73. The maximum atomic E-state index is 11.9. The molecule has 3 rings (SSSR count). The van der Waals surface area contributed by atoms with Crippen molar-refractivity contribution in [2.24, 2.45) is 0 Å². The predicted octanol–water partition coefficient (Wildman–Crippen LogP) is 1.41. The van der Waals surface area contributed by atoms with Gasteiger partial charge in [-0.15, -0.1) is 0 Å². The highest BCUT2D eigenvalue weighted by atomic mass is 16.5. The second-order valence-electron chi connectivity index (χ2n) is 6.66. The van der Waals surface area contributed by atoms with Gasteiger partial charge in [0.25, 0.3) is 5.91 Å². The van der Waals surface area contributed by atoms with Crippen LogP contribution >= 0.6 is 0 Å². The van der Waals surface area contributed by atoms with Gasteiger partial charge in [-0.1, -0.05) is 0 Å². The van der Waals surface area contributed by atoms with Crippen LogP contribution in [0.15, 0.2) is 24.4 Å². The third-order valence-electron chi connectivity index (χ3n) is 4.78. The fourth-order valence-electron chi connectivity index (χ4n) is 3.14. The molecule has 0 radical (unpaired) electrons. The third-order valence-corrected chi connectivity index (χ3v) is 4.78. The van der Waals surface area contributed by atoms with E-state index in [0.29, 0.717) is 18.1 Å². The van der Waals surface area contributed by atoms with E-state index in [0.717, 1.165) is 24.0 Å². The van der Waals surface area contributed by atoms with Gasteiger partial charge in [-0.2, -0.15) is 4.98 Å². The molecule has 3 N–H and O–H groups in total. The molecule has 0 aromatic carbocycles. The maximum Gasteiger partial charge on any atom is 0.263 e. The fraction of sp³-hybridized carbons (Fsp3) is 0.471. The number of hydrogen-bond donors (Lipinski definition) is 3. The van der Waals surface area contributed by atoms with E-state index in [2.05, 4.69) is 20.2 Å². The summed E-state index contributed by atoms with van der Waals surface area (Å²) >= 11 is 0. The number of hydrogen-bond acceptors (Lipinski definition) is 7. The monoisotopic (exact) mass is 345 g/mol. The minimum atomic E-state index is -0.763. The average Bonchev–Trinajstić information content (AvgIpc) is 3.10. The first-order chi connectivity index (χ1) is 12.0. The zero-order valence-electron chi connectivity index (χ0n) is 14.6. The van der Waals surface area contributed by atoms with Gasteiger partial charge >= 0.3 is 0 Å². The van der Waals surface area contributed by atoms with Crippen molar-refractivity contribution in [3.63, 3.8) is 0 Å². The van der Waals surface area contributed by atoms with Gasteiger partial charge in [0.05, 0.1) is 12.6 Å². The van der Waals surface area contributed by atoms with Crippen molar-refractivity contribution in [1.29, 1.82) is 0 Å². The van der Waals surface area contributed by atoms with Crippen molar-refractivity contribution in [1.82, 2.24) is 20.3 Å². The number of aromatic nitrogens is 2. The molecule has 8 nitrogen and oxygen atoms in total. The Balaban J connectivity index is 1.76. The molecule has 1 aliphatic heterocycles. The molecule has 0 spiro atoms. The van der Waals surface area contributed by atoms with Crippen molar-refractivity contribution < 1.29 is 14.7 Å². The average molecular weight is 345 g/mol. The van der Waals surface area contributed by atoms with Crippen molar-refractivity contribution >= 4 is 22.6 Å². The Hall–Kier alpha value is -2.45. The molecular weight excluding hydrogens is 322 g/mol. The minimum absolute atomic E-state index is 0.193. The molecule has 25 heavy (non-hydrogen) atoms. The summed E-state index contributed by atoms with van der Waals surface area (Å²) in [7, 11) is 1.58. The number of rotatable bonds is 5. The number of ether oxygens (including phenoxy) is 1. The molecule has 0 aliphatic carbocycles. The van der Waals surface area contributed by atoms with Crippen LogP contribution in [0.4, 0.5) is 5.69 Å². The third kappa shape index (κ3) is 3.35. The van der Waals surface area contributed by atoms with E-state index in [-0.39, 0.29) is 6.04 Å². The van der Waals surface area contributed by atoms with Crippen LogP contribution in [0.1, 0.15) is 20.3 Å². The lowest BCUT2D eigenvalue weighted by Crippen LogP contribution is -2.53. The molecule has 1 aliphatic rings. The van der Waals surface area contributed by atoms with Crippen molar-refractivity contribution in [2.45, 2.75) is 31.8 Å². The van der Waals surface area contributed by atoms with E-state index in [4.69, 9.17) is 9.94 Å². The quantitative estimate of drug-likeness (QED) is 0.556. The van der Waals surface area contributed by atoms with Crippen LogP contribution in [0.25, 0.3) is 11.0 Å². The highest BCUT2D eigenvalue weighted by Crippen LogP contribution is 2.27. The number of nitrogens with zero attached hydrogens (tertiary/aromatic N) is 3. The van der Waals surface area contributed by atoms with E-state index in [9.17, 15) is 4.79 Å². The number of amides is 1. The van der Waals surface area contributed by atoms with Gasteiger partial charge in [0.15, 0.2) is 5.65 Å². The van der Waals surface area contributed by atoms with E-state index < -0.39 is 11.4 Å². The Morgan fingerprint density at radius 3 is 2.92 bits per heavy atom. The number of nitrogens with one attached hydrogen (secondary N) is 2. The zero-order chi connectivity index (χ0) is 18.0. The molecule has 8 heteroatoms. The van der Waals surface area contributed by atoms with Crippen LogP contribution in [0, 0.1) is 0 Å². The Morgan fingerprint density at radius 1 is 1.40 bits per heavy atom. The second kappa shape index (κ2) is 6.81. The maximum absolute atomic E-state index is 11.9. The zero-order valence-corrected chi connectivity index (χ0v) is 14.6. The van der Waals surface area contributed by atoms with Gasteiger partial charge in [0.1, 0.15) is 0 Å². The number of likely N-dealkylation sites (tertiary alicyclic amines) is 1. The first-order valence-electron chi connectivity index (χ1n) is 8.21. The molecule has 0 saturated carbocycles. The van der Waals surface area contributed by atoms with Crippen LogP contribution in [0.3, 0.4) is 0 Å². The molecule has 1 saturated heterocycles. The van der Waals surface area contributed by atoms with E-state index in [1.165, 1.54) is 0 Å². The number of pyridine rings is 2. The summed E-state index contributed by atoms with van der Waals surface area (Å²) < 4.78 is 5.14. The van der Waals surface area contributed by atoms with E-state index in [1.807, 2.05) is 18.2 Å². The molecule has 1 amide bonds. The van der Waals surface area contributed by atoms with Crippen molar-refractivity contribution in [3.05, 3.63) is 24.4 Å². The molecule has 2 aromatic heterocycles. The van der Waals surface area contributed by atoms with Crippen molar-refractivity contribution in [2.75, 3.05) is 25.5 Å². The summed E-state index contributed by atoms with van der Waals surface area (Å²) in [4.78, 5) is 22.6. The molecule has 2 aromatic rings. The summed E-state index contributed by atoms with van der Waals surface area (Å²) in [6.45, 7) is 5.08. The number of anilines is 1. The van der Waals surface area contributed by atoms with E-state index >= 15 is 0 Å². The topological polar surface area (TPSA) is 99.6 Å². The molecule has 1 fully saturated rings. The number of methoxy groups -OCH3 is 1. The predicted molar refractivity (Wildman–Crippen MR) is 93.7 cm³/mol. The summed E-state index contributed by atoms with van der Waals surface area (Å²) in [5.74, 6) is 0.125. The summed E-state index contributed by atoms with van der Waals surface area (Å²) in [5, 5.41) is 13.4. The summed E-state index contributed by atoms with van der Waals surface area (Å²) in [5.41, 5.74) is 2.57. The Bertz CT molecular complexity index is 780. The molecule has 1 atom stereocenters. The fourth-order valence-corrected chi connectivity index (χ4v) is 3.14. The van der Waals surface area contributed by atoms with Gasteiger partial charge in [0.2, 0.25) is 5.88 Å². The standard InChI is InChI=1S/C17H23N5O3/c1-17(2,16(23)21-24)22-9-7-11(10-22)19-13-6-8-18-15-12(13)4-5-14(20-15)25-3/h4-6,8,11,24H,7,9-10H2,1-3H3,(H,21,23)(H,18,19,20). The second-order valence-corrected chi connectivity index (χ2v) is 6.66. The molecule has 134 valence electrons. The smallest absolute Gasteiger partial charge is 0.263 e. The number of carbonyl (C=O) groups is 1. The minimum Gasteiger partial charge on any atom is -0.481 e. The SMILES string of the molecule is COc1ccc2c(NC3CCN(C(C)(C)C(=O)NO)C3)ccnc2n1. The summed E-state index contributed by atoms with van der Waals surface area (Å²) in [6.07, 6.45) is 2.61. The van der Waals surface area contributed by atoms with Crippen LogP contribution in [0.2, 0.25) is 0 Å². The highest BCUT2D eigenvalue weighted by Gasteiger charge is 2.39. The lowest BCUT2D eigenvalue weighted by molar-refractivity contribution is -0.139. The largest absolute Gasteiger partial charge is 0.481 e. The molecule has 3 heterocycles. The van der Waals surface area contributed by atoms with Crippen LogP contribution in [-0.2, 0) is 4.79 Å². The number of carbonyl (C=O) groups excluding carboxylic acids is 1. The highest BCUT2D eigenvalue weighted by molar-refractivity contribution is 5.89. The van der Waals surface area contributed by atoms with E-state index in [1.54, 1.807) is 32.6 Å². The normalized spacial score (nSPS) is 18.3.